The van der Waals surface area contributed by atoms with Crippen molar-refractivity contribution in [2.45, 2.75) is 77.3 Å². The Bertz CT molecular complexity index is 1150. The second kappa shape index (κ2) is 7.55. The number of carbonyl (C=O) groups is 1. The van der Waals surface area contributed by atoms with Gasteiger partial charge < -0.3 is 14.4 Å². The number of aryl methyl sites for hydroxylation is 2. The fraction of sp³-hybridized carbons (Fsp3) is 0.609. The predicted molar refractivity (Wildman–Crippen MR) is 120 cm³/mol. The van der Waals surface area contributed by atoms with E-state index < -0.39 is 36.3 Å². The van der Waals surface area contributed by atoms with Gasteiger partial charge in [0.1, 0.15) is 18.1 Å². The van der Waals surface area contributed by atoms with Crippen LogP contribution in [0, 0.1) is 19.7 Å². The molecule has 0 saturated carbocycles. The van der Waals surface area contributed by atoms with Crippen LogP contribution in [0.3, 0.4) is 0 Å². The van der Waals surface area contributed by atoms with Crippen molar-refractivity contribution in [3.63, 3.8) is 0 Å². The Morgan fingerprint density at radius 1 is 1.24 bits per heavy atom. The number of alkyl halides is 1. The molecule has 0 unspecified atom stereocenters. The quantitative estimate of drug-likeness (QED) is 0.550. The molecule has 4 atom stereocenters. The maximum absolute atomic E-state index is 15.1. The summed E-state index contributed by atoms with van der Waals surface area (Å²) in [4.78, 5) is 25.7. The topological polar surface area (TPSA) is 67.8 Å². The number of pyridine rings is 2. The average molecular weight is 481 g/mol. The number of anilines is 1. The van der Waals surface area contributed by atoms with E-state index in [-0.39, 0.29) is 28.5 Å². The lowest BCUT2D eigenvalue weighted by Crippen LogP contribution is -2.66. The number of amides is 1. The van der Waals surface area contributed by atoms with E-state index in [0.29, 0.717) is 35.4 Å². The fourth-order valence-electron chi connectivity index (χ4n) is 5.44. The van der Waals surface area contributed by atoms with Crippen molar-refractivity contribution in [1.82, 2.24) is 14.9 Å². The van der Waals surface area contributed by atoms with Gasteiger partial charge >= 0.3 is 6.09 Å². The second-order valence-corrected chi connectivity index (χ2v) is 10.4. The minimum atomic E-state index is -0.939. The van der Waals surface area contributed by atoms with E-state index in [2.05, 4.69) is 4.98 Å². The summed E-state index contributed by atoms with van der Waals surface area (Å²) >= 11 is 6.10. The largest absolute Gasteiger partial charge is 0.469 e. The Hall–Kier alpha value is -2.42. The highest BCUT2D eigenvalue weighted by Gasteiger charge is 2.54. The van der Waals surface area contributed by atoms with Crippen LogP contribution in [-0.2, 0) is 4.74 Å². The molecule has 0 N–H and O–H groups in total. The summed E-state index contributed by atoms with van der Waals surface area (Å²) in [5.41, 5.74) is 0.624. The van der Waals surface area contributed by atoms with Crippen LogP contribution in [0.15, 0.2) is 0 Å². The highest BCUT2D eigenvalue weighted by molar-refractivity contribution is 6.30. The molecule has 178 valence electrons. The number of piperazine rings is 1. The number of halogens is 3. The van der Waals surface area contributed by atoms with Crippen LogP contribution >= 0.6 is 11.6 Å². The van der Waals surface area contributed by atoms with Crippen molar-refractivity contribution < 1.29 is 23.0 Å². The SMILES string of the molecule is Cc1nc2c3c(nc(Cl)c(F)c3c1C)O[C@@H](CF)[C@@H]1[C@@H]3CC[C@H](CN21)N3C(=O)OC(C)(C)C. The van der Waals surface area contributed by atoms with Crippen molar-refractivity contribution in [1.29, 1.82) is 0 Å². The molecule has 5 heterocycles. The summed E-state index contributed by atoms with van der Waals surface area (Å²) in [5.74, 6) is -0.0829. The lowest BCUT2D eigenvalue weighted by Gasteiger charge is -2.48. The first-order valence-corrected chi connectivity index (χ1v) is 11.6. The van der Waals surface area contributed by atoms with E-state index in [0.717, 1.165) is 6.42 Å². The lowest BCUT2D eigenvalue weighted by molar-refractivity contribution is -0.00224. The van der Waals surface area contributed by atoms with Gasteiger partial charge in [0.05, 0.1) is 23.5 Å². The smallest absolute Gasteiger partial charge is 0.410 e. The zero-order valence-corrected chi connectivity index (χ0v) is 20.0. The zero-order valence-electron chi connectivity index (χ0n) is 19.3. The predicted octanol–water partition coefficient (Wildman–Crippen LogP) is 4.73. The number of ether oxygens (including phenoxy) is 2. The number of rotatable bonds is 1. The molecule has 3 aliphatic rings. The number of hydrogen-bond acceptors (Lipinski definition) is 6. The van der Waals surface area contributed by atoms with Gasteiger partial charge in [-0.3, -0.25) is 4.90 Å². The van der Waals surface area contributed by atoms with Crippen molar-refractivity contribution >= 4 is 34.3 Å². The van der Waals surface area contributed by atoms with Crippen molar-refractivity contribution in [3.05, 3.63) is 22.2 Å². The third-order valence-corrected chi connectivity index (χ3v) is 7.11. The first-order valence-electron chi connectivity index (χ1n) is 11.2. The van der Waals surface area contributed by atoms with E-state index in [1.165, 1.54) is 0 Å². The first kappa shape index (κ1) is 22.4. The standard InChI is InChI=1S/C23H27ClF2N4O3/c1-10-11(2)27-20-16-15(10)17(26)19(24)28-21(16)32-14(8-25)18-13-7-6-12(9-29(18)20)30(13)22(31)33-23(3,4)5/h12-14,18H,6-9H2,1-5H3/t12-,13+,14+,18+/m1/s1. The first-order chi connectivity index (χ1) is 15.5. The van der Waals surface area contributed by atoms with Gasteiger partial charge in [-0.25, -0.2) is 18.6 Å². The van der Waals surface area contributed by atoms with Gasteiger partial charge in [-0.2, -0.15) is 4.98 Å². The van der Waals surface area contributed by atoms with E-state index >= 15 is 4.39 Å². The molecule has 0 radical (unpaired) electrons. The fourth-order valence-corrected chi connectivity index (χ4v) is 5.61. The minimum Gasteiger partial charge on any atom is -0.469 e. The molecule has 0 aliphatic carbocycles. The third kappa shape index (κ3) is 3.38. The van der Waals surface area contributed by atoms with E-state index in [4.69, 9.17) is 26.1 Å². The van der Waals surface area contributed by atoms with E-state index in [9.17, 15) is 9.18 Å². The summed E-state index contributed by atoms with van der Waals surface area (Å²) in [6.45, 7) is 8.63. The van der Waals surface area contributed by atoms with Gasteiger partial charge in [-0.1, -0.05) is 11.6 Å². The maximum Gasteiger partial charge on any atom is 0.410 e. The Morgan fingerprint density at radius 3 is 2.64 bits per heavy atom. The van der Waals surface area contributed by atoms with Crippen LogP contribution in [0.1, 0.15) is 44.9 Å². The average Bonchev–Trinajstić information content (AvgIpc) is 2.98. The molecule has 5 rings (SSSR count). The summed E-state index contributed by atoms with van der Waals surface area (Å²) in [5, 5.41) is 0.352. The summed E-state index contributed by atoms with van der Waals surface area (Å²) in [6, 6.07) is -1.01. The van der Waals surface area contributed by atoms with Crippen LogP contribution in [0.4, 0.5) is 19.4 Å². The van der Waals surface area contributed by atoms with Gasteiger partial charge in [0, 0.05) is 17.6 Å². The molecular formula is C23H27ClF2N4O3. The summed E-state index contributed by atoms with van der Waals surface area (Å²) < 4.78 is 41.3. The molecule has 2 fully saturated rings. The van der Waals surface area contributed by atoms with Gasteiger partial charge in [-0.05, 0) is 53.0 Å². The van der Waals surface area contributed by atoms with Crippen LogP contribution < -0.4 is 9.64 Å². The highest BCUT2D eigenvalue weighted by atomic mass is 35.5. The minimum absolute atomic E-state index is 0.0683. The van der Waals surface area contributed by atoms with Crippen molar-refractivity contribution in [2.24, 2.45) is 0 Å². The number of hydrogen-bond donors (Lipinski definition) is 0. The normalized spacial score (nSPS) is 26.2. The van der Waals surface area contributed by atoms with E-state index in [1.54, 1.807) is 18.7 Å². The van der Waals surface area contributed by atoms with Crippen molar-refractivity contribution in [2.75, 3.05) is 18.1 Å². The molecular weight excluding hydrogens is 454 g/mol. The van der Waals surface area contributed by atoms with Crippen molar-refractivity contribution in [3.8, 4) is 5.88 Å². The Morgan fingerprint density at radius 2 is 1.97 bits per heavy atom. The lowest BCUT2D eigenvalue weighted by atomic mass is 9.97. The highest BCUT2D eigenvalue weighted by Crippen LogP contribution is 2.47. The molecule has 0 spiro atoms. The molecule has 2 aromatic rings. The summed E-state index contributed by atoms with van der Waals surface area (Å²) in [7, 11) is 0. The molecule has 10 heteroatoms. The van der Waals surface area contributed by atoms with Crippen LogP contribution in [0.5, 0.6) is 5.88 Å². The monoisotopic (exact) mass is 480 g/mol. The Balaban J connectivity index is 1.68. The van der Waals surface area contributed by atoms with Gasteiger partial charge in [0.2, 0.25) is 5.88 Å². The third-order valence-electron chi connectivity index (χ3n) is 6.86. The van der Waals surface area contributed by atoms with Gasteiger partial charge in [0.25, 0.3) is 0 Å². The van der Waals surface area contributed by atoms with Gasteiger partial charge in [0.15, 0.2) is 17.1 Å². The Kier molecular flexibility index (Phi) is 5.12. The second-order valence-electron chi connectivity index (χ2n) is 10.1. The number of carbonyl (C=O) groups excluding carboxylic acids is 1. The van der Waals surface area contributed by atoms with Crippen LogP contribution in [0.2, 0.25) is 5.15 Å². The molecule has 33 heavy (non-hydrogen) atoms. The Labute approximate surface area is 196 Å². The number of fused-ring (bicyclic) bond motifs is 5. The molecule has 2 saturated heterocycles. The number of nitrogens with zero attached hydrogens (tertiary/aromatic N) is 4. The van der Waals surface area contributed by atoms with Crippen LogP contribution in [-0.4, -0.2) is 64.0 Å². The van der Waals surface area contributed by atoms with Gasteiger partial charge in [-0.15, -0.1) is 0 Å². The molecule has 7 nitrogen and oxygen atoms in total. The zero-order chi connectivity index (χ0) is 23.8. The molecule has 3 aliphatic heterocycles. The van der Waals surface area contributed by atoms with Crippen LogP contribution in [0.25, 0.3) is 10.8 Å². The maximum atomic E-state index is 15.1. The molecule has 1 amide bonds. The summed E-state index contributed by atoms with van der Waals surface area (Å²) in [6.07, 6.45) is 0.0763. The molecule has 2 aromatic heterocycles. The molecule has 2 bridgehead atoms. The molecule has 0 aromatic carbocycles. The number of aromatic nitrogens is 2. The van der Waals surface area contributed by atoms with E-state index in [1.807, 2.05) is 25.7 Å².